The fourth-order valence-corrected chi connectivity index (χ4v) is 3.51. The number of ether oxygens (including phenoxy) is 1. The summed E-state index contributed by atoms with van der Waals surface area (Å²) < 4.78 is 18.9. The molecule has 3 aromatic rings. The summed E-state index contributed by atoms with van der Waals surface area (Å²) in [4.78, 5) is 19.4. The van der Waals surface area contributed by atoms with Gasteiger partial charge in [0.25, 0.3) is 5.91 Å². The second-order valence-corrected chi connectivity index (χ2v) is 7.19. The van der Waals surface area contributed by atoms with E-state index in [1.54, 1.807) is 18.3 Å². The van der Waals surface area contributed by atoms with Gasteiger partial charge in [-0.15, -0.1) is 0 Å². The second kappa shape index (κ2) is 8.00. The quantitative estimate of drug-likeness (QED) is 0.707. The highest BCUT2D eigenvalue weighted by atomic mass is 19.1. The van der Waals surface area contributed by atoms with Gasteiger partial charge >= 0.3 is 0 Å². The summed E-state index contributed by atoms with van der Waals surface area (Å²) >= 11 is 0. The zero-order valence-corrected chi connectivity index (χ0v) is 16.2. The van der Waals surface area contributed by atoms with E-state index in [9.17, 15) is 9.18 Å². The van der Waals surface area contributed by atoms with Crippen molar-refractivity contribution in [3.63, 3.8) is 0 Å². The van der Waals surface area contributed by atoms with Gasteiger partial charge < -0.3 is 15.0 Å². The highest BCUT2D eigenvalue weighted by Gasteiger charge is 2.23. The molecule has 0 bridgehead atoms. The zero-order chi connectivity index (χ0) is 20.4. The number of hydrogen-bond donors (Lipinski definition) is 2. The van der Waals surface area contributed by atoms with Gasteiger partial charge in [-0.1, -0.05) is 0 Å². The molecule has 2 aromatic heterocycles. The molecule has 4 rings (SSSR count). The van der Waals surface area contributed by atoms with Crippen LogP contribution >= 0.6 is 0 Å². The lowest BCUT2D eigenvalue weighted by molar-refractivity contribution is -0.00545. The van der Waals surface area contributed by atoms with Gasteiger partial charge in [-0.05, 0) is 50.2 Å². The highest BCUT2D eigenvalue weighted by molar-refractivity contribution is 6.07. The number of carbonyl (C=O) groups is 1. The van der Waals surface area contributed by atoms with Crippen molar-refractivity contribution in [2.24, 2.45) is 0 Å². The number of nitrogens with one attached hydrogen (secondary N) is 2. The van der Waals surface area contributed by atoms with Crippen LogP contribution in [0.4, 0.5) is 15.9 Å². The lowest BCUT2D eigenvalue weighted by atomic mass is 10.1. The molecule has 29 heavy (non-hydrogen) atoms. The van der Waals surface area contributed by atoms with Gasteiger partial charge in [-0.25, -0.2) is 9.37 Å². The number of amides is 1. The number of rotatable bonds is 4. The van der Waals surface area contributed by atoms with Gasteiger partial charge in [0.15, 0.2) is 0 Å². The Balaban J connectivity index is 1.47. The van der Waals surface area contributed by atoms with Crippen molar-refractivity contribution in [3.8, 4) is 11.3 Å². The molecule has 1 amide bonds. The Morgan fingerprint density at radius 1 is 1.14 bits per heavy atom. The molecule has 1 aliphatic heterocycles. The van der Waals surface area contributed by atoms with Gasteiger partial charge in [0.05, 0.1) is 41.5 Å². The fourth-order valence-electron chi connectivity index (χ4n) is 3.51. The van der Waals surface area contributed by atoms with E-state index in [2.05, 4.69) is 25.4 Å². The Morgan fingerprint density at radius 2 is 1.86 bits per heavy atom. The largest absolute Gasteiger partial charge is 0.372 e. The normalized spacial score (nSPS) is 19.2. The number of halogens is 1. The maximum atomic E-state index is 13.2. The van der Waals surface area contributed by atoms with Crippen LogP contribution in [0.2, 0.25) is 0 Å². The van der Waals surface area contributed by atoms with Gasteiger partial charge in [0.2, 0.25) is 0 Å². The zero-order valence-electron chi connectivity index (χ0n) is 16.2. The molecule has 2 atom stereocenters. The van der Waals surface area contributed by atoms with Crippen LogP contribution < -0.4 is 10.2 Å². The van der Waals surface area contributed by atoms with E-state index in [1.807, 2.05) is 26.0 Å². The smallest absolute Gasteiger partial charge is 0.259 e. The number of carbonyl (C=O) groups excluding carboxylic acids is 1. The van der Waals surface area contributed by atoms with E-state index < -0.39 is 0 Å². The molecule has 1 fully saturated rings. The van der Waals surface area contributed by atoms with Gasteiger partial charge in [0, 0.05) is 18.7 Å². The lowest BCUT2D eigenvalue weighted by Crippen LogP contribution is -2.45. The molecule has 1 aromatic carbocycles. The monoisotopic (exact) mass is 395 g/mol. The van der Waals surface area contributed by atoms with Crippen molar-refractivity contribution >= 4 is 17.4 Å². The number of H-pyrrole nitrogens is 1. The first-order valence-corrected chi connectivity index (χ1v) is 9.46. The average molecular weight is 395 g/mol. The first kappa shape index (κ1) is 19.1. The minimum atomic E-state index is -0.338. The van der Waals surface area contributed by atoms with Crippen LogP contribution in [0.3, 0.4) is 0 Å². The van der Waals surface area contributed by atoms with Crippen LogP contribution in [-0.2, 0) is 4.74 Å². The molecule has 7 nitrogen and oxygen atoms in total. The summed E-state index contributed by atoms with van der Waals surface area (Å²) in [6.07, 6.45) is 3.37. The summed E-state index contributed by atoms with van der Waals surface area (Å²) in [6, 6.07) is 9.58. The minimum Gasteiger partial charge on any atom is -0.372 e. The van der Waals surface area contributed by atoms with E-state index in [4.69, 9.17) is 4.74 Å². The van der Waals surface area contributed by atoms with Gasteiger partial charge in [-0.2, -0.15) is 5.10 Å². The lowest BCUT2D eigenvalue weighted by Gasteiger charge is -2.36. The Bertz CT molecular complexity index is 977. The Hall–Kier alpha value is -3.26. The maximum absolute atomic E-state index is 13.2. The number of aromatic nitrogens is 3. The van der Waals surface area contributed by atoms with E-state index in [0.29, 0.717) is 22.5 Å². The summed E-state index contributed by atoms with van der Waals surface area (Å²) in [7, 11) is 0. The van der Waals surface area contributed by atoms with Gasteiger partial charge in [0.1, 0.15) is 11.6 Å². The number of hydrogen-bond acceptors (Lipinski definition) is 5. The van der Waals surface area contributed by atoms with E-state index >= 15 is 0 Å². The van der Waals surface area contributed by atoms with E-state index in [0.717, 1.165) is 18.9 Å². The molecule has 1 aliphatic rings. The summed E-state index contributed by atoms with van der Waals surface area (Å²) in [6.45, 7) is 5.64. The van der Waals surface area contributed by atoms with Crippen molar-refractivity contribution in [2.75, 3.05) is 23.3 Å². The summed E-state index contributed by atoms with van der Waals surface area (Å²) in [5.41, 5.74) is 2.16. The van der Waals surface area contributed by atoms with Crippen LogP contribution in [-0.4, -0.2) is 46.4 Å². The van der Waals surface area contributed by atoms with Crippen LogP contribution in [0, 0.1) is 5.82 Å². The first-order chi connectivity index (χ1) is 14.0. The molecule has 150 valence electrons. The third-order valence-corrected chi connectivity index (χ3v) is 4.77. The Morgan fingerprint density at radius 3 is 2.52 bits per heavy atom. The molecule has 2 unspecified atom stereocenters. The molecule has 0 radical (unpaired) electrons. The number of benzene rings is 1. The van der Waals surface area contributed by atoms with Crippen LogP contribution in [0.5, 0.6) is 0 Å². The fraction of sp³-hybridized carbons (Fsp3) is 0.286. The molecule has 2 N–H and O–H groups in total. The highest BCUT2D eigenvalue weighted by Crippen LogP contribution is 2.23. The number of morpholine rings is 1. The molecule has 0 aliphatic carbocycles. The Kier molecular flexibility index (Phi) is 5.26. The van der Waals surface area contributed by atoms with Crippen LogP contribution in [0.15, 0.2) is 48.8 Å². The van der Waals surface area contributed by atoms with Crippen molar-refractivity contribution in [1.82, 2.24) is 15.2 Å². The molecule has 1 saturated heterocycles. The third kappa shape index (κ3) is 4.27. The maximum Gasteiger partial charge on any atom is 0.259 e. The number of nitrogens with zero attached hydrogens (tertiary/aromatic N) is 3. The standard InChI is InChI=1S/C21H22FN5O2/c1-13-11-27(12-14(2)29-13)19-8-7-17(9-23-19)25-21(28)18-10-24-26-20(18)15-3-5-16(22)6-4-15/h3-10,13-14H,11-12H2,1-2H3,(H,24,26)(H,25,28). The van der Waals surface area contributed by atoms with Crippen molar-refractivity contribution in [3.05, 3.63) is 60.2 Å². The first-order valence-electron chi connectivity index (χ1n) is 9.46. The minimum absolute atomic E-state index is 0.144. The average Bonchev–Trinajstić information content (AvgIpc) is 3.18. The summed E-state index contributed by atoms with van der Waals surface area (Å²) in [5, 5.41) is 9.60. The molecule has 8 heteroatoms. The van der Waals surface area contributed by atoms with Gasteiger partial charge in [-0.3, -0.25) is 9.89 Å². The molecular weight excluding hydrogens is 373 g/mol. The predicted molar refractivity (Wildman–Crippen MR) is 108 cm³/mol. The number of aromatic amines is 1. The van der Waals surface area contributed by atoms with Crippen molar-refractivity contribution in [1.29, 1.82) is 0 Å². The number of anilines is 2. The Labute approximate surface area is 167 Å². The second-order valence-electron chi connectivity index (χ2n) is 7.19. The van der Waals surface area contributed by atoms with Crippen molar-refractivity contribution in [2.45, 2.75) is 26.1 Å². The molecular formula is C21H22FN5O2. The topological polar surface area (TPSA) is 83.1 Å². The molecule has 3 heterocycles. The van der Waals surface area contributed by atoms with Crippen molar-refractivity contribution < 1.29 is 13.9 Å². The molecule has 0 spiro atoms. The van der Waals surface area contributed by atoms with E-state index in [-0.39, 0.29) is 23.9 Å². The van der Waals surface area contributed by atoms with Crippen LogP contribution in [0.1, 0.15) is 24.2 Å². The third-order valence-electron chi connectivity index (χ3n) is 4.77. The molecule has 0 saturated carbocycles. The summed E-state index contributed by atoms with van der Waals surface area (Å²) in [5.74, 6) is 0.191. The number of pyridine rings is 1. The SMILES string of the molecule is CC1CN(c2ccc(NC(=O)c3cn[nH]c3-c3ccc(F)cc3)cn2)CC(C)O1. The van der Waals surface area contributed by atoms with E-state index in [1.165, 1.54) is 18.3 Å². The predicted octanol–water partition coefficient (Wildman–Crippen LogP) is 3.48. The van der Waals surface area contributed by atoms with Crippen LogP contribution in [0.25, 0.3) is 11.3 Å².